The lowest BCUT2D eigenvalue weighted by Crippen LogP contribution is -2.09. The summed E-state index contributed by atoms with van der Waals surface area (Å²) >= 11 is 0. The van der Waals surface area contributed by atoms with Gasteiger partial charge < -0.3 is 14.4 Å². The second kappa shape index (κ2) is 13.7. The van der Waals surface area contributed by atoms with Crippen molar-refractivity contribution < 1.29 is 0 Å². The minimum absolute atomic E-state index is 0.924. The highest BCUT2D eigenvalue weighted by atomic mass is 15.1. The Morgan fingerprint density at radius 3 is 1.78 bits per heavy atom. The van der Waals surface area contributed by atoms with Gasteiger partial charge in [-0.15, -0.1) is 0 Å². The van der Waals surface area contributed by atoms with Crippen LogP contribution in [0.25, 0.3) is 49.4 Å². The van der Waals surface area contributed by atoms with Crippen LogP contribution in [0.5, 0.6) is 0 Å². The normalized spacial score (nSPS) is 11.6. The number of para-hydroxylation sites is 2. The molecule has 0 amide bonds. The third kappa shape index (κ3) is 6.00. The minimum atomic E-state index is 0.924. The van der Waals surface area contributed by atoms with E-state index in [0.717, 1.165) is 39.7 Å². The van der Waals surface area contributed by atoms with E-state index in [4.69, 9.17) is 0 Å². The van der Waals surface area contributed by atoms with Crippen LogP contribution in [0.2, 0.25) is 0 Å². The van der Waals surface area contributed by atoms with Gasteiger partial charge in [0.25, 0.3) is 0 Å². The fourth-order valence-corrected chi connectivity index (χ4v) is 7.06. The Labute approximate surface area is 299 Å². The molecule has 1 heterocycles. The molecule has 3 nitrogen and oxygen atoms in total. The van der Waals surface area contributed by atoms with Crippen LogP contribution in [0.3, 0.4) is 0 Å². The van der Waals surface area contributed by atoms with Gasteiger partial charge in [-0.25, -0.2) is 0 Å². The molecule has 1 aromatic heterocycles. The molecule has 0 radical (unpaired) electrons. The van der Waals surface area contributed by atoms with E-state index >= 15 is 0 Å². The number of rotatable bonds is 9. The molecule has 3 heteroatoms. The maximum absolute atomic E-state index is 4.52. The average Bonchev–Trinajstić information content (AvgIpc) is 3.53. The first-order valence-corrected chi connectivity index (χ1v) is 17.4. The fraction of sp³-hybridized carbons (Fsp3) is 0.0417. The zero-order valence-electron chi connectivity index (χ0n) is 28.9. The van der Waals surface area contributed by atoms with Crippen molar-refractivity contribution >= 4 is 66.7 Å². The first kappa shape index (κ1) is 31.7. The lowest BCUT2D eigenvalue weighted by atomic mass is 10.0. The summed E-state index contributed by atoms with van der Waals surface area (Å²) in [6.45, 7) is 6.54. The highest BCUT2D eigenvalue weighted by molar-refractivity contribution is 6.20. The Morgan fingerprint density at radius 1 is 0.529 bits per heavy atom. The van der Waals surface area contributed by atoms with E-state index in [1.54, 1.807) is 0 Å². The summed E-state index contributed by atoms with van der Waals surface area (Å²) in [7, 11) is 2.10. The number of fused-ring (bicyclic) bond motifs is 5. The first-order chi connectivity index (χ1) is 25.1. The summed E-state index contributed by atoms with van der Waals surface area (Å²) < 4.78 is 2.31. The van der Waals surface area contributed by atoms with Crippen LogP contribution in [0.4, 0.5) is 28.4 Å². The highest BCUT2D eigenvalue weighted by Gasteiger charge is 2.19. The van der Waals surface area contributed by atoms with Gasteiger partial charge in [0.05, 0.1) is 11.0 Å². The van der Waals surface area contributed by atoms with E-state index in [-0.39, 0.29) is 0 Å². The van der Waals surface area contributed by atoms with Gasteiger partial charge in [0.2, 0.25) is 0 Å². The van der Waals surface area contributed by atoms with E-state index in [9.17, 15) is 0 Å². The molecule has 0 saturated heterocycles. The third-order valence-corrected chi connectivity index (χ3v) is 9.64. The van der Waals surface area contributed by atoms with Gasteiger partial charge in [0.1, 0.15) is 0 Å². The lowest BCUT2D eigenvalue weighted by molar-refractivity contribution is 1.21. The molecule has 0 aliphatic heterocycles. The predicted octanol–water partition coefficient (Wildman–Crippen LogP) is 13.5. The van der Waals surface area contributed by atoms with Gasteiger partial charge >= 0.3 is 0 Å². The predicted molar refractivity (Wildman–Crippen MR) is 221 cm³/mol. The van der Waals surface area contributed by atoms with Crippen molar-refractivity contribution in [2.24, 2.45) is 0 Å². The van der Waals surface area contributed by atoms with E-state index < -0.39 is 0 Å². The molecule has 8 rings (SSSR count). The minimum Gasteiger partial charge on any atom is -0.345 e. The number of allylic oxidation sites excluding steroid dienone is 5. The van der Waals surface area contributed by atoms with Crippen LogP contribution < -0.4 is 9.80 Å². The Bertz CT molecular complexity index is 2540. The van der Waals surface area contributed by atoms with Crippen LogP contribution in [-0.2, 0) is 0 Å². The number of anilines is 5. The molecule has 0 bridgehead atoms. The molecule has 0 N–H and O–H groups in total. The summed E-state index contributed by atoms with van der Waals surface area (Å²) in [5.41, 5.74) is 11.2. The molecule has 0 fully saturated rings. The molecule has 246 valence electrons. The topological polar surface area (TPSA) is 11.4 Å². The molecule has 0 saturated carbocycles. The standard InChI is InChI=1S/C48H39N3/c1-4-5-8-15-35(2)50-47-33-31-43(34-46(47)45-32-26-38-16-13-14-21-44(38)48(45)50)51(41-19-11-7-12-20-41)42-29-24-37(25-30-42)36-22-27-40(28-23-36)49(3)39-17-9-6-10-18-39/h4-34H,2H2,1,3H3/b5-4-,15-8-. The van der Waals surface area contributed by atoms with E-state index in [0.29, 0.717) is 0 Å². The van der Waals surface area contributed by atoms with Crippen LogP contribution in [0, 0.1) is 0 Å². The summed E-state index contributed by atoms with van der Waals surface area (Å²) in [5, 5.41) is 4.81. The number of benzene rings is 7. The Morgan fingerprint density at radius 2 is 1.10 bits per heavy atom. The van der Waals surface area contributed by atoms with Crippen molar-refractivity contribution in [3.05, 3.63) is 195 Å². The maximum Gasteiger partial charge on any atom is 0.0619 e. The largest absolute Gasteiger partial charge is 0.345 e. The number of aromatic nitrogens is 1. The average molecular weight is 658 g/mol. The van der Waals surface area contributed by atoms with Crippen molar-refractivity contribution in [3.8, 4) is 11.1 Å². The molecule has 0 aliphatic carbocycles. The van der Waals surface area contributed by atoms with Crippen molar-refractivity contribution in [2.75, 3.05) is 16.8 Å². The van der Waals surface area contributed by atoms with Crippen LogP contribution in [0.1, 0.15) is 6.92 Å². The van der Waals surface area contributed by atoms with Crippen molar-refractivity contribution in [1.29, 1.82) is 0 Å². The molecular weight excluding hydrogens is 619 g/mol. The zero-order chi connectivity index (χ0) is 34.7. The molecular formula is C48H39N3. The van der Waals surface area contributed by atoms with Crippen LogP contribution in [-0.4, -0.2) is 11.6 Å². The Hall–Kier alpha value is -6.58. The zero-order valence-corrected chi connectivity index (χ0v) is 28.9. The Balaban J connectivity index is 1.21. The van der Waals surface area contributed by atoms with Gasteiger partial charge in [0, 0.05) is 57.3 Å². The molecule has 0 atom stereocenters. The highest BCUT2D eigenvalue weighted by Crippen LogP contribution is 2.41. The van der Waals surface area contributed by atoms with Crippen LogP contribution in [0.15, 0.2) is 195 Å². The lowest BCUT2D eigenvalue weighted by Gasteiger charge is -2.26. The molecule has 0 spiro atoms. The summed E-state index contributed by atoms with van der Waals surface area (Å²) in [5.74, 6) is 0. The van der Waals surface area contributed by atoms with Crippen molar-refractivity contribution in [1.82, 2.24) is 4.57 Å². The second-order valence-electron chi connectivity index (χ2n) is 12.8. The van der Waals surface area contributed by atoms with Gasteiger partial charge in [-0.1, -0.05) is 122 Å². The van der Waals surface area contributed by atoms with E-state index in [1.807, 2.05) is 25.1 Å². The maximum atomic E-state index is 4.52. The third-order valence-electron chi connectivity index (χ3n) is 9.64. The van der Waals surface area contributed by atoms with Crippen molar-refractivity contribution in [3.63, 3.8) is 0 Å². The Kier molecular flexibility index (Phi) is 8.53. The van der Waals surface area contributed by atoms with Gasteiger partial charge in [0.15, 0.2) is 0 Å². The number of hydrogen-bond donors (Lipinski definition) is 0. The number of nitrogens with zero attached hydrogens (tertiary/aromatic N) is 3. The monoisotopic (exact) mass is 657 g/mol. The van der Waals surface area contributed by atoms with Gasteiger partial charge in [-0.05, 0) is 96.2 Å². The summed E-state index contributed by atoms with van der Waals surface area (Å²) in [6, 6.07) is 58.6. The fourth-order valence-electron chi connectivity index (χ4n) is 7.06. The second-order valence-corrected chi connectivity index (χ2v) is 12.8. The molecule has 8 aromatic rings. The molecule has 0 aliphatic rings. The van der Waals surface area contributed by atoms with E-state index in [1.165, 1.54) is 38.2 Å². The van der Waals surface area contributed by atoms with Crippen LogP contribution >= 0.6 is 0 Å². The number of hydrogen-bond acceptors (Lipinski definition) is 2. The summed E-state index contributed by atoms with van der Waals surface area (Å²) in [4.78, 5) is 4.55. The first-order valence-electron chi connectivity index (χ1n) is 17.4. The molecule has 0 unspecified atom stereocenters. The smallest absolute Gasteiger partial charge is 0.0619 e. The molecule has 51 heavy (non-hydrogen) atoms. The van der Waals surface area contributed by atoms with Gasteiger partial charge in [-0.3, -0.25) is 0 Å². The summed E-state index contributed by atoms with van der Waals surface area (Å²) in [6.07, 6.45) is 8.21. The molecule has 7 aromatic carbocycles. The van der Waals surface area contributed by atoms with Gasteiger partial charge in [-0.2, -0.15) is 0 Å². The van der Waals surface area contributed by atoms with Crippen molar-refractivity contribution in [2.45, 2.75) is 6.92 Å². The van der Waals surface area contributed by atoms with E-state index in [2.05, 4.69) is 198 Å². The SMILES string of the molecule is C=C(/C=C\C=C/C)n1c2ccc(N(c3ccccc3)c3ccc(-c4ccc(N(C)c5ccccc5)cc4)cc3)cc2c2ccc3ccccc3c21. The quantitative estimate of drug-likeness (QED) is 0.143.